The van der Waals surface area contributed by atoms with Gasteiger partial charge in [0.05, 0.1) is 17.6 Å². The van der Waals surface area contributed by atoms with E-state index in [2.05, 4.69) is 0 Å². The van der Waals surface area contributed by atoms with E-state index in [0.717, 1.165) is 17.5 Å². The Kier molecular flexibility index (Phi) is 4.80. The topological polar surface area (TPSA) is 72.6 Å². The number of nitrogens with zero attached hydrogens (tertiary/aromatic N) is 1. The summed E-state index contributed by atoms with van der Waals surface area (Å²) in [5, 5.41) is 0. The van der Waals surface area contributed by atoms with Crippen LogP contribution in [0.3, 0.4) is 0 Å². The third-order valence-corrected chi connectivity index (χ3v) is 5.48. The van der Waals surface area contributed by atoms with Gasteiger partial charge in [0.15, 0.2) is 0 Å². The van der Waals surface area contributed by atoms with E-state index in [0.29, 0.717) is 31.1 Å². The van der Waals surface area contributed by atoms with Crippen LogP contribution in [0, 0.1) is 0 Å². The first-order valence-corrected chi connectivity index (χ1v) is 8.36. The Morgan fingerprint density at radius 2 is 2.15 bits per heavy atom. The van der Waals surface area contributed by atoms with Gasteiger partial charge in [0.2, 0.25) is 10.0 Å². The van der Waals surface area contributed by atoms with Crippen LogP contribution in [0.2, 0.25) is 0 Å². The maximum Gasteiger partial charge on any atom is 0.243 e. The molecule has 1 fully saturated rings. The van der Waals surface area contributed by atoms with E-state index in [9.17, 15) is 8.42 Å². The lowest BCUT2D eigenvalue weighted by Crippen LogP contribution is -2.44. The number of sulfonamides is 1. The minimum atomic E-state index is -3.45. The molecule has 1 aliphatic rings. The standard InChI is InChI=1S/C14H22N2O3S/c1-3-12-4-5-14(8-13(12)9-15)20(17,18)16-6-7-19-11(2)10-16/h4-5,8,11H,3,6-7,9-10,15H2,1-2H3. The minimum Gasteiger partial charge on any atom is -0.376 e. The van der Waals surface area contributed by atoms with Gasteiger partial charge in [-0.05, 0) is 36.6 Å². The van der Waals surface area contributed by atoms with Crippen LogP contribution < -0.4 is 5.73 Å². The van der Waals surface area contributed by atoms with Crippen LogP contribution in [0.1, 0.15) is 25.0 Å². The first-order valence-electron chi connectivity index (χ1n) is 6.92. The van der Waals surface area contributed by atoms with Crippen molar-refractivity contribution in [3.8, 4) is 0 Å². The highest BCUT2D eigenvalue weighted by atomic mass is 32.2. The Labute approximate surface area is 120 Å². The number of benzene rings is 1. The normalized spacial score (nSPS) is 21.1. The van der Waals surface area contributed by atoms with Crippen LogP contribution in [0.4, 0.5) is 0 Å². The number of rotatable bonds is 4. The smallest absolute Gasteiger partial charge is 0.243 e. The SMILES string of the molecule is CCc1ccc(S(=O)(=O)N2CCOC(C)C2)cc1CN. The van der Waals surface area contributed by atoms with Crippen LogP contribution in [0.25, 0.3) is 0 Å². The Bertz CT molecular complexity index is 572. The zero-order valence-electron chi connectivity index (χ0n) is 12.0. The van der Waals surface area contributed by atoms with Crippen molar-refractivity contribution in [1.82, 2.24) is 4.31 Å². The number of morpholine rings is 1. The van der Waals surface area contributed by atoms with Crippen LogP contribution in [-0.2, 0) is 27.7 Å². The molecule has 0 aromatic heterocycles. The molecule has 0 spiro atoms. The number of hydrogen-bond donors (Lipinski definition) is 1. The molecule has 2 N–H and O–H groups in total. The lowest BCUT2D eigenvalue weighted by Gasteiger charge is -2.30. The molecule has 0 bridgehead atoms. The molecule has 1 heterocycles. The quantitative estimate of drug-likeness (QED) is 0.904. The van der Waals surface area contributed by atoms with Crippen molar-refractivity contribution in [3.63, 3.8) is 0 Å². The van der Waals surface area contributed by atoms with Gasteiger partial charge in [-0.1, -0.05) is 13.0 Å². The minimum absolute atomic E-state index is 0.0672. The molecule has 0 saturated carbocycles. The molecule has 1 saturated heterocycles. The van der Waals surface area contributed by atoms with Gasteiger partial charge in [0.1, 0.15) is 0 Å². The summed E-state index contributed by atoms with van der Waals surface area (Å²) >= 11 is 0. The van der Waals surface area contributed by atoms with Crippen LogP contribution >= 0.6 is 0 Å². The summed E-state index contributed by atoms with van der Waals surface area (Å²) in [6.07, 6.45) is 0.781. The molecule has 1 atom stereocenters. The van der Waals surface area contributed by atoms with Crippen molar-refractivity contribution >= 4 is 10.0 Å². The van der Waals surface area contributed by atoms with Gasteiger partial charge < -0.3 is 10.5 Å². The van der Waals surface area contributed by atoms with Crippen molar-refractivity contribution in [3.05, 3.63) is 29.3 Å². The molecule has 5 nitrogen and oxygen atoms in total. The van der Waals surface area contributed by atoms with E-state index in [4.69, 9.17) is 10.5 Å². The lowest BCUT2D eigenvalue weighted by molar-refractivity contribution is 0.0102. The van der Waals surface area contributed by atoms with E-state index in [1.165, 1.54) is 4.31 Å². The van der Waals surface area contributed by atoms with Gasteiger partial charge in [0, 0.05) is 19.6 Å². The van der Waals surface area contributed by atoms with Crippen molar-refractivity contribution in [2.24, 2.45) is 5.73 Å². The van der Waals surface area contributed by atoms with E-state index >= 15 is 0 Å². The van der Waals surface area contributed by atoms with Gasteiger partial charge in [-0.15, -0.1) is 0 Å². The van der Waals surface area contributed by atoms with E-state index in [1.807, 2.05) is 19.9 Å². The highest BCUT2D eigenvalue weighted by molar-refractivity contribution is 7.89. The van der Waals surface area contributed by atoms with Crippen molar-refractivity contribution in [1.29, 1.82) is 0 Å². The molecule has 1 aromatic carbocycles. The molecule has 0 aliphatic carbocycles. The summed E-state index contributed by atoms with van der Waals surface area (Å²) in [6.45, 7) is 5.51. The predicted octanol–water partition coefficient (Wildman–Crippen LogP) is 1.12. The maximum atomic E-state index is 12.6. The summed E-state index contributed by atoms with van der Waals surface area (Å²) in [7, 11) is -3.45. The van der Waals surface area contributed by atoms with E-state index in [-0.39, 0.29) is 6.10 Å². The summed E-state index contributed by atoms with van der Waals surface area (Å²) in [5.74, 6) is 0. The van der Waals surface area contributed by atoms with Crippen LogP contribution in [-0.4, -0.2) is 38.5 Å². The zero-order valence-corrected chi connectivity index (χ0v) is 12.8. The third kappa shape index (κ3) is 3.03. The Morgan fingerprint density at radius 1 is 1.40 bits per heavy atom. The Hall–Kier alpha value is -0.950. The summed E-state index contributed by atoms with van der Waals surface area (Å²) in [5.41, 5.74) is 7.71. The van der Waals surface area contributed by atoms with Crippen molar-refractivity contribution < 1.29 is 13.2 Å². The molecule has 2 rings (SSSR count). The molecule has 1 aromatic rings. The highest BCUT2D eigenvalue weighted by Crippen LogP contribution is 2.22. The average Bonchev–Trinajstić information content (AvgIpc) is 2.46. The fourth-order valence-electron chi connectivity index (χ4n) is 2.45. The monoisotopic (exact) mass is 298 g/mol. The van der Waals surface area contributed by atoms with Gasteiger partial charge in [-0.25, -0.2) is 8.42 Å². The average molecular weight is 298 g/mol. The summed E-state index contributed by atoms with van der Waals surface area (Å²) in [4.78, 5) is 0.323. The van der Waals surface area contributed by atoms with E-state index in [1.54, 1.807) is 12.1 Å². The second kappa shape index (κ2) is 6.22. The third-order valence-electron chi connectivity index (χ3n) is 3.62. The van der Waals surface area contributed by atoms with Crippen molar-refractivity contribution in [2.45, 2.75) is 37.8 Å². The summed E-state index contributed by atoms with van der Waals surface area (Å²) < 4.78 is 32.1. The fourth-order valence-corrected chi connectivity index (χ4v) is 4.00. The van der Waals surface area contributed by atoms with Gasteiger partial charge in [-0.2, -0.15) is 4.31 Å². The van der Waals surface area contributed by atoms with Crippen LogP contribution in [0.5, 0.6) is 0 Å². The largest absolute Gasteiger partial charge is 0.376 e. The molecule has 1 unspecified atom stereocenters. The Balaban J connectivity index is 2.34. The molecule has 20 heavy (non-hydrogen) atoms. The summed E-state index contributed by atoms with van der Waals surface area (Å²) in [6, 6.07) is 5.24. The van der Waals surface area contributed by atoms with Gasteiger partial charge in [0.25, 0.3) is 0 Å². The van der Waals surface area contributed by atoms with Crippen molar-refractivity contribution in [2.75, 3.05) is 19.7 Å². The molecule has 6 heteroatoms. The zero-order chi connectivity index (χ0) is 14.8. The molecule has 0 amide bonds. The first-order chi connectivity index (χ1) is 9.48. The molecule has 1 aliphatic heterocycles. The van der Waals surface area contributed by atoms with Gasteiger partial charge in [-0.3, -0.25) is 0 Å². The fraction of sp³-hybridized carbons (Fsp3) is 0.571. The molecular formula is C14H22N2O3S. The molecular weight excluding hydrogens is 276 g/mol. The second-order valence-corrected chi connectivity index (χ2v) is 6.97. The number of ether oxygens (including phenoxy) is 1. The van der Waals surface area contributed by atoms with Crippen LogP contribution in [0.15, 0.2) is 23.1 Å². The number of nitrogens with two attached hydrogens (primary N) is 1. The number of hydrogen-bond acceptors (Lipinski definition) is 4. The predicted molar refractivity (Wildman–Crippen MR) is 77.9 cm³/mol. The molecule has 112 valence electrons. The highest BCUT2D eigenvalue weighted by Gasteiger charge is 2.29. The molecule has 0 radical (unpaired) electrons. The van der Waals surface area contributed by atoms with E-state index < -0.39 is 10.0 Å². The first kappa shape index (κ1) is 15.4. The van der Waals surface area contributed by atoms with Gasteiger partial charge >= 0.3 is 0 Å². The lowest BCUT2D eigenvalue weighted by atomic mass is 10.1. The second-order valence-electron chi connectivity index (χ2n) is 5.03. The number of aryl methyl sites for hydroxylation is 1. The Morgan fingerprint density at radius 3 is 2.75 bits per heavy atom. The maximum absolute atomic E-state index is 12.6.